The number of hydrogen-bond donors (Lipinski definition) is 1. The summed E-state index contributed by atoms with van der Waals surface area (Å²) in [5, 5.41) is 16.3. The van der Waals surface area contributed by atoms with Crippen molar-refractivity contribution in [1.29, 1.82) is 0 Å². The summed E-state index contributed by atoms with van der Waals surface area (Å²) in [6, 6.07) is 5.93. The molecule has 0 saturated carbocycles. The summed E-state index contributed by atoms with van der Waals surface area (Å²) in [6.45, 7) is 0.412. The number of carbonyl (C=O) groups excluding carboxylic acids is 1. The van der Waals surface area contributed by atoms with Gasteiger partial charge in [0.25, 0.3) is 5.69 Å². The van der Waals surface area contributed by atoms with Crippen LogP contribution in [0.4, 0.5) is 5.69 Å². The topological polar surface area (TPSA) is 121 Å². The smallest absolute Gasteiger partial charge is 0.270 e. The van der Waals surface area contributed by atoms with Crippen molar-refractivity contribution in [2.45, 2.75) is 0 Å². The molecule has 0 aliphatic heterocycles. The van der Waals surface area contributed by atoms with E-state index in [1.165, 1.54) is 30.4 Å². The Hall–Kier alpha value is -2.86. The third-order valence-electron chi connectivity index (χ3n) is 2.08. The van der Waals surface area contributed by atoms with Gasteiger partial charge in [0.2, 0.25) is 5.91 Å². The van der Waals surface area contributed by atoms with Crippen LogP contribution in [-0.4, -0.2) is 23.9 Å². The van der Waals surface area contributed by atoms with Gasteiger partial charge in [0, 0.05) is 36.2 Å². The highest BCUT2D eigenvalue weighted by molar-refractivity contribution is 5.91. The molecule has 1 N–H and O–H groups in total. The largest absolute Gasteiger partial charge is 0.352 e. The molecule has 0 fully saturated rings. The van der Waals surface area contributed by atoms with Crippen LogP contribution >= 0.6 is 0 Å². The fourth-order valence-corrected chi connectivity index (χ4v) is 1.25. The number of hydrogen-bond acceptors (Lipinski definition) is 4. The maximum atomic E-state index is 11.3. The lowest BCUT2D eigenvalue weighted by Gasteiger charge is -1.97. The number of nitro benzene ring substituents is 1. The summed E-state index contributed by atoms with van der Waals surface area (Å²) < 4.78 is 0. The SMILES string of the molecule is [N-]=[N+]=NCCNC(=O)/C=C/c1cccc([N+](=O)[O-])c1. The molecule has 1 rings (SSSR count). The minimum atomic E-state index is -0.503. The van der Waals surface area contributed by atoms with Crippen molar-refractivity contribution in [2.24, 2.45) is 5.11 Å². The van der Waals surface area contributed by atoms with Gasteiger partial charge in [-0.1, -0.05) is 17.2 Å². The zero-order valence-corrected chi connectivity index (χ0v) is 9.89. The quantitative estimate of drug-likeness (QED) is 0.160. The average molecular weight is 261 g/mol. The highest BCUT2D eigenvalue weighted by atomic mass is 16.6. The predicted octanol–water partition coefficient (Wildman–Crippen LogP) is 2.03. The van der Waals surface area contributed by atoms with Crippen LogP contribution in [-0.2, 0) is 4.79 Å². The fraction of sp³-hybridized carbons (Fsp3) is 0.182. The summed E-state index contributed by atoms with van der Waals surface area (Å²) in [6.07, 6.45) is 2.73. The molecule has 0 bridgehead atoms. The number of nitrogens with zero attached hydrogens (tertiary/aromatic N) is 4. The monoisotopic (exact) mass is 261 g/mol. The molecule has 0 radical (unpaired) electrons. The van der Waals surface area contributed by atoms with Crippen LogP contribution in [0.25, 0.3) is 16.5 Å². The molecular weight excluding hydrogens is 250 g/mol. The molecule has 0 atom stereocenters. The molecule has 1 aromatic rings. The lowest BCUT2D eigenvalue weighted by atomic mass is 10.2. The van der Waals surface area contributed by atoms with Crippen molar-refractivity contribution in [3.63, 3.8) is 0 Å². The van der Waals surface area contributed by atoms with Gasteiger partial charge in [-0.15, -0.1) is 0 Å². The molecule has 0 unspecified atom stereocenters. The Balaban J connectivity index is 2.56. The Morgan fingerprint density at radius 3 is 3.05 bits per heavy atom. The van der Waals surface area contributed by atoms with Crippen molar-refractivity contribution in [3.8, 4) is 0 Å². The van der Waals surface area contributed by atoms with E-state index in [1.807, 2.05) is 0 Å². The first-order valence-electron chi connectivity index (χ1n) is 5.34. The van der Waals surface area contributed by atoms with Crippen molar-refractivity contribution in [3.05, 3.63) is 56.5 Å². The number of nitro groups is 1. The van der Waals surface area contributed by atoms with E-state index in [4.69, 9.17) is 5.53 Å². The van der Waals surface area contributed by atoms with Gasteiger partial charge >= 0.3 is 0 Å². The summed E-state index contributed by atoms with van der Waals surface area (Å²) in [7, 11) is 0. The molecule has 98 valence electrons. The maximum absolute atomic E-state index is 11.3. The van der Waals surface area contributed by atoms with Crippen LogP contribution in [0.3, 0.4) is 0 Å². The van der Waals surface area contributed by atoms with Crippen LogP contribution in [0, 0.1) is 10.1 Å². The van der Waals surface area contributed by atoms with Gasteiger partial charge in [0.05, 0.1) is 4.92 Å². The summed E-state index contributed by atoms with van der Waals surface area (Å²) in [4.78, 5) is 23.9. The first-order valence-corrected chi connectivity index (χ1v) is 5.34. The van der Waals surface area contributed by atoms with Crippen LogP contribution in [0.1, 0.15) is 5.56 Å². The van der Waals surface area contributed by atoms with Gasteiger partial charge in [-0.05, 0) is 17.2 Å². The molecule has 8 nitrogen and oxygen atoms in total. The normalized spacial score (nSPS) is 9.89. The molecule has 8 heteroatoms. The second-order valence-electron chi connectivity index (χ2n) is 3.43. The van der Waals surface area contributed by atoms with Crippen LogP contribution in [0.5, 0.6) is 0 Å². The van der Waals surface area contributed by atoms with Gasteiger partial charge in [-0.25, -0.2) is 0 Å². The van der Waals surface area contributed by atoms with Crippen molar-refractivity contribution >= 4 is 17.7 Å². The molecule has 0 spiro atoms. The minimum Gasteiger partial charge on any atom is -0.352 e. The van der Waals surface area contributed by atoms with Crippen molar-refractivity contribution in [2.75, 3.05) is 13.1 Å². The number of non-ortho nitro benzene ring substituents is 1. The summed E-state index contributed by atoms with van der Waals surface area (Å²) in [5.41, 5.74) is 8.55. The van der Waals surface area contributed by atoms with Crippen molar-refractivity contribution < 1.29 is 9.72 Å². The molecule has 1 amide bonds. The minimum absolute atomic E-state index is 0.0362. The maximum Gasteiger partial charge on any atom is 0.270 e. The van der Waals surface area contributed by atoms with E-state index in [0.29, 0.717) is 5.56 Å². The standard InChI is InChI=1S/C11H11N5O3/c12-15-14-7-6-13-11(17)5-4-9-2-1-3-10(8-9)16(18)19/h1-5,8H,6-7H2,(H,13,17)/b5-4+. The predicted molar refractivity (Wildman–Crippen MR) is 69.2 cm³/mol. The Kier molecular flexibility index (Phi) is 5.58. The Morgan fingerprint density at radius 2 is 2.37 bits per heavy atom. The van der Waals surface area contributed by atoms with E-state index in [2.05, 4.69) is 15.3 Å². The van der Waals surface area contributed by atoms with Crippen LogP contribution in [0.15, 0.2) is 35.5 Å². The molecule has 19 heavy (non-hydrogen) atoms. The summed E-state index contributed by atoms with van der Waals surface area (Å²) >= 11 is 0. The highest BCUT2D eigenvalue weighted by Crippen LogP contribution is 2.13. The Morgan fingerprint density at radius 1 is 1.58 bits per heavy atom. The van der Waals surface area contributed by atoms with Gasteiger partial charge in [0.15, 0.2) is 0 Å². The zero-order chi connectivity index (χ0) is 14.1. The molecule has 0 saturated heterocycles. The lowest BCUT2D eigenvalue weighted by Crippen LogP contribution is -2.23. The lowest BCUT2D eigenvalue weighted by molar-refractivity contribution is -0.384. The number of amides is 1. The zero-order valence-electron chi connectivity index (χ0n) is 9.89. The number of azide groups is 1. The molecule has 1 aromatic carbocycles. The van der Waals surface area contributed by atoms with E-state index in [0.717, 1.165) is 0 Å². The molecule has 0 heterocycles. The average Bonchev–Trinajstić information content (AvgIpc) is 2.41. The van der Waals surface area contributed by atoms with Gasteiger partial charge in [-0.2, -0.15) is 0 Å². The number of benzene rings is 1. The molecule has 0 aliphatic carbocycles. The van der Waals surface area contributed by atoms with E-state index < -0.39 is 4.92 Å². The molecule has 0 aromatic heterocycles. The highest BCUT2D eigenvalue weighted by Gasteiger charge is 2.03. The van der Waals surface area contributed by atoms with E-state index in [1.54, 1.807) is 6.07 Å². The third kappa shape index (κ3) is 5.33. The number of carbonyl (C=O) groups is 1. The van der Waals surface area contributed by atoms with Crippen LogP contribution < -0.4 is 5.32 Å². The van der Waals surface area contributed by atoms with Gasteiger partial charge < -0.3 is 5.32 Å². The van der Waals surface area contributed by atoms with E-state index >= 15 is 0 Å². The fourth-order valence-electron chi connectivity index (χ4n) is 1.25. The second-order valence-corrected chi connectivity index (χ2v) is 3.43. The number of nitrogens with one attached hydrogen (secondary N) is 1. The van der Waals surface area contributed by atoms with Gasteiger partial charge in [0.1, 0.15) is 0 Å². The Bertz CT molecular complexity index is 549. The number of rotatable bonds is 6. The molecular formula is C11H11N5O3. The van der Waals surface area contributed by atoms with E-state index in [9.17, 15) is 14.9 Å². The Labute approximate surface area is 108 Å². The van der Waals surface area contributed by atoms with E-state index in [-0.39, 0.29) is 24.7 Å². The van der Waals surface area contributed by atoms with Crippen molar-refractivity contribution in [1.82, 2.24) is 5.32 Å². The first kappa shape index (κ1) is 14.2. The summed E-state index contributed by atoms with van der Waals surface area (Å²) in [5.74, 6) is -0.361. The van der Waals surface area contributed by atoms with Gasteiger partial charge in [-0.3, -0.25) is 14.9 Å². The third-order valence-corrected chi connectivity index (χ3v) is 2.08. The second kappa shape index (κ2) is 7.46. The molecule has 0 aliphatic rings. The van der Waals surface area contributed by atoms with Crippen LogP contribution in [0.2, 0.25) is 0 Å². The first-order chi connectivity index (χ1) is 9.13.